The molecule has 0 saturated heterocycles. The highest BCUT2D eigenvalue weighted by Crippen LogP contribution is 2.20. The number of aromatic nitrogens is 1. The molecule has 0 bridgehead atoms. The molecule has 0 aliphatic carbocycles. The smallest absolute Gasteiger partial charge is 0.227 e. The molecule has 2 aromatic carbocycles. The van der Waals surface area contributed by atoms with E-state index in [9.17, 15) is 4.79 Å². The Labute approximate surface area is 183 Å². The summed E-state index contributed by atoms with van der Waals surface area (Å²) in [7, 11) is 0. The van der Waals surface area contributed by atoms with Gasteiger partial charge < -0.3 is 9.64 Å². The molecular formula is C25H30N2O2S. The maximum Gasteiger partial charge on any atom is 0.227 e. The van der Waals surface area contributed by atoms with Crippen LogP contribution in [0.5, 0.6) is 5.75 Å². The number of nitrogens with zero attached hydrogens (tertiary/aromatic N) is 2. The average molecular weight is 423 g/mol. The summed E-state index contributed by atoms with van der Waals surface area (Å²) in [6.07, 6.45) is 1.32. The van der Waals surface area contributed by atoms with Crippen LogP contribution in [0.2, 0.25) is 0 Å². The van der Waals surface area contributed by atoms with E-state index in [0.29, 0.717) is 19.6 Å². The molecule has 158 valence electrons. The number of rotatable bonds is 9. The van der Waals surface area contributed by atoms with Gasteiger partial charge in [-0.05, 0) is 56.0 Å². The first-order valence-corrected chi connectivity index (χ1v) is 11.3. The lowest BCUT2D eigenvalue weighted by Crippen LogP contribution is -2.38. The highest BCUT2D eigenvalue weighted by atomic mass is 32.1. The van der Waals surface area contributed by atoms with Gasteiger partial charge in [-0.3, -0.25) is 4.79 Å². The summed E-state index contributed by atoms with van der Waals surface area (Å²) in [6, 6.07) is 16.2. The van der Waals surface area contributed by atoms with Gasteiger partial charge >= 0.3 is 0 Å². The molecule has 5 heteroatoms. The summed E-state index contributed by atoms with van der Waals surface area (Å²) in [6.45, 7) is 9.35. The predicted molar refractivity (Wildman–Crippen MR) is 123 cm³/mol. The fourth-order valence-electron chi connectivity index (χ4n) is 3.19. The summed E-state index contributed by atoms with van der Waals surface area (Å²) in [4.78, 5) is 19.6. The van der Waals surface area contributed by atoms with Gasteiger partial charge in [0, 0.05) is 11.4 Å². The van der Waals surface area contributed by atoms with Crippen molar-refractivity contribution in [3.63, 3.8) is 0 Å². The zero-order valence-electron chi connectivity index (χ0n) is 18.2. The molecule has 0 N–H and O–H groups in total. The third-order valence-electron chi connectivity index (χ3n) is 5.41. The Morgan fingerprint density at radius 2 is 1.90 bits per heavy atom. The Kier molecular flexibility index (Phi) is 7.63. The first-order valence-electron chi connectivity index (χ1n) is 10.4. The molecule has 0 aliphatic heterocycles. The van der Waals surface area contributed by atoms with Gasteiger partial charge in [-0.2, -0.15) is 0 Å². The van der Waals surface area contributed by atoms with Crippen molar-refractivity contribution < 1.29 is 9.53 Å². The number of hydrogen-bond acceptors (Lipinski definition) is 4. The summed E-state index contributed by atoms with van der Waals surface area (Å²) >= 11 is 1.58. The molecule has 30 heavy (non-hydrogen) atoms. The molecular weight excluding hydrogens is 392 g/mol. The fraction of sp³-hybridized carbons (Fsp3) is 0.360. The molecule has 0 unspecified atom stereocenters. The number of carbonyl (C=O) groups excluding carboxylic acids is 1. The van der Waals surface area contributed by atoms with Crippen LogP contribution in [-0.4, -0.2) is 21.8 Å². The van der Waals surface area contributed by atoms with Crippen LogP contribution in [0.4, 0.5) is 0 Å². The minimum absolute atomic E-state index is 0.136. The van der Waals surface area contributed by atoms with E-state index in [-0.39, 0.29) is 11.9 Å². The fourth-order valence-corrected chi connectivity index (χ4v) is 3.89. The van der Waals surface area contributed by atoms with Gasteiger partial charge in [0.2, 0.25) is 5.91 Å². The van der Waals surface area contributed by atoms with Crippen LogP contribution in [0, 0.1) is 13.8 Å². The van der Waals surface area contributed by atoms with Gasteiger partial charge in [-0.1, -0.05) is 43.3 Å². The molecule has 0 fully saturated rings. The lowest BCUT2D eigenvalue weighted by Gasteiger charge is -2.28. The number of amides is 1. The number of aryl methyl sites for hydroxylation is 2. The van der Waals surface area contributed by atoms with E-state index in [0.717, 1.165) is 28.4 Å². The van der Waals surface area contributed by atoms with Crippen LogP contribution in [0.3, 0.4) is 0 Å². The molecule has 0 saturated carbocycles. The van der Waals surface area contributed by atoms with E-state index in [4.69, 9.17) is 9.72 Å². The van der Waals surface area contributed by atoms with Crippen molar-refractivity contribution in [2.75, 3.05) is 0 Å². The Hall–Kier alpha value is -2.66. The second-order valence-electron chi connectivity index (χ2n) is 7.71. The van der Waals surface area contributed by atoms with Gasteiger partial charge in [0.1, 0.15) is 17.4 Å². The molecule has 1 atom stereocenters. The van der Waals surface area contributed by atoms with Gasteiger partial charge in [0.05, 0.1) is 18.7 Å². The summed E-state index contributed by atoms with van der Waals surface area (Å²) in [5, 5.41) is 2.95. The van der Waals surface area contributed by atoms with Crippen molar-refractivity contribution >= 4 is 17.2 Å². The third kappa shape index (κ3) is 5.92. The molecule has 4 nitrogen and oxygen atoms in total. The number of benzene rings is 2. The lowest BCUT2D eigenvalue weighted by molar-refractivity contribution is -0.133. The Morgan fingerprint density at radius 1 is 1.13 bits per heavy atom. The van der Waals surface area contributed by atoms with E-state index in [2.05, 4.69) is 39.8 Å². The Morgan fingerprint density at radius 3 is 2.60 bits per heavy atom. The second-order valence-corrected chi connectivity index (χ2v) is 8.65. The van der Waals surface area contributed by atoms with Gasteiger partial charge in [0.15, 0.2) is 0 Å². The molecule has 1 aromatic heterocycles. The Balaban J connectivity index is 1.63. The van der Waals surface area contributed by atoms with E-state index >= 15 is 0 Å². The standard InChI is InChI=1S/C25H30N2O2S/c1-5-20(4)27(25(28)14-21-9-7-6-8-10-21)15-22-17-30-24(26-22)16-29-23-12-11-18(2)19(3)13-23/h6-13,17,20H,5,14-16H2,1-4H3/t20-/m0/s1. The SMILES string of the molecule is CC[C@H](C)N(Cc1csc(COc2ccc(C)c(C)c2)n1)C(=O)Cc1ccccc1. The van der Waals surface area contributed by atoms with Crippen LogP contribution < -0.4 is 4.74 Å². The lowest BCUT2D eigenvalue weighted by atomic mass is 10.1. The van der Waals surface area contributed by atoms with Crippen LogP contribution in [0.15, 0.2) is 53.9 Å². The highest BCUT2D eigenvalue weighted by Gasteiger charge is 2.20. The summed E-state index contributed by atoms with van der Waals surface area (Å²) < 4.78 is 5.91. The van der Waals surface area contributed by atoms with Gasteiger partial charge in [-0.25, -0.2) is 4.98 Å². The summed E-state index contributed by atoms with van der Waals surface area (Å²) in [5.74, 6) is 0.991. The second kappa shape index (κ2) is 10.4. The first-order chi connectivity index (χ1) is 14.5. The van der Waals surface area contributed by atoms with Gasteiger partial charge in [-0.15, -0.1) is 11.3 Å². The highest BCUT2D eigenvalue weighted by molar-refractivity contribution is 7.09. The summed E-state index contributed by atoms with van der Waals surface area (Å²) in [5.41, 5.74) is 4.43. The third-order valence-corrected chi connectivity index (χ3v) is 6.28. The van der Waals surface area contributed by atoms with Crippen LogP contribution >= 0.6 is 11.3 Å². The topological polar surface area (TPSA) is 42.4 Å². The molecule has 3 aromatic rings. The zero-order valence-corrected chi connectivity index (χ0v) is 19.0. The molecule has 0 aliphatic rings. The van der Waals surface area contributed by atoms with Crippen LogP contribution in [0.1, 0.15) is 47.7 Å². The van der Waals surface area contributed by atoms with Crippen LogP contribution in [0.25, 0.3) is 0 Å². The minimum atomic E-state index is 0.136. The van der Waals surface area contributed by atoms with E-state index in [1.165, 1.54) is 11.1 Å². The molecule has 1 amide bonds. The molecule has 3 rings (SSSR count). The van der Waals surface area contributed by atoms with Crippen molar-refractivity contribution in [2.45, 2.75) is 59.7 Å². The van der Waals surface area contributed by atoms with Crippen molar-refractivity contribution in [1.29, 1.82) is 0 Å². The van der Waals surface area contributed by atoms with Gasteiger partial charge in [0.25, 0.3) is 0 Å². The van der Waals surface area contributed by atoms with E-state index in [1.807, 2.05) is 46.7 Å². The predicted octanol–water partition coefficient (Wildman–Crippen LogP) is 5.71. The largest absolute Gasteiger partial charge is 0.486 e. The van der Waals surface area contributed by atoms with Crippen molar-refractivity contribution in [3.8, 4) is 5.75 Å². The number of thiazole rings is 1. The maximum atomic E-state index is 13.0. The number of hydrogen-bond donors (Lipinski definition) is 0. The molecule has 1 heterocycles. The minimum Gasteiger partial charge on any atom is -0.486 e. The monoisotopic (exact) mass is 422 g/mol. The average Bonchev–Trinajstić information content (AvgIpc) is 3.20. The van der Waals surface area contributed by atoms with Crippen molar-refractivity contribution in [1.82, 2.24) is 9.88 Å². The Bertz CT molecular complexity index is 968. The van der Waals surface area contributed by atoms with Crippen molar-refractivity contribution in [3.05, 3.63) is 81.3 Å². The van der Waals surface area contributed by atoms with E-state index in [1.54, 1.807) is 11.3 Å². The van der Waals surface area contributed by atoms with Crippen molar-refractivity contribution in [2.24, 2.45) is 0 Å². The number of ether oxygens (including phenoxy) is 1. The molecule has 0 spiro atoms. The van der Waals surface area contributed by atoms with Crippen LogP contribution in [-0.2, 0) is 24.4 Å². The normalized spacial score (nSPS) is 11.9. The maximum absolute atomic E-state index is 13.0. The number of carbonyl (C=O) groups is 1. The van der Waals surface area contributed by atoms with E-state index < -0.39 is 0 Å². The first kappa shape index (κ1) is 22.0. The quantitative estimate of drug-likeness (QED) is 0.444. The molecule has 0 radical (unpaired) electrons. The zero-order chi connectivity index (χ0) is 21.5.